The van der Waals surface area contributed by atoms with Crippen LogP contribution in [0.15, 0.2) is 18.2 Å². The molecule has 0 spiro atoms. The van der Waals surface area contributed by atoms with Crippen LogP contribution in [0.25, 0.3) is 11.4 Å². The second kappa shape index (κ2) is 7.14. The van der Waals surface area contributed by atoms with Crippen molar-refractivity contribution in [2.45, 2.75) is 19.6 Å². The quantitative estimate of drug-likeness (QED) is 0.822. The highest BCUT2D eigenvalue weighted by atomic mass is 19.1. The van der Waals surface area contributed by atoms with Gasteiger partial charge < -0.3 is 10.1 Å². The minimum atomic E-state index is -0.642. The van der Waals surface area contributed by atoms with E-state index in [-0.39, 0.29) is 36.9 Å². The van der Waals surface area contributed by atoms with Crippen molar-refractivity contribution in [1.82, 2.24) is 25.5 Å². The third-order valence-corrected chi connectivity index (χ3v) is 3.62. The van der Waals surface area contributed by atoms with Crippen molar-refractivity contribution in [3.8, 4) is 17.5 Å². The van der Waals surface area contributed by atoms with Crippen molar-refractivity contribution in [1.29, 1.82) is 5.26 Å². The molecule has 0 aliphatic carbocycles. The second-order valence-corrected chi connectivity index (χ2v) is 5.52. The van der Waals surface area contributed by atoms with E-state index in [0.717, 1.165) is 4.80 Å². The number of benzene rings is 1. The molecular formula is C15H14FN7O3. The highest BCUT2D eigenvalue weighted by molar-refractivity contribution is 5.90. The molecule has 0 unspecified atom stereocenters. The van der Waals surface area contributed by atoms with Gasteiger partial charge in [0.2, 0.25) is 11.7 Å². The number of anilines is 1. The fraction of sp³-hybridized carbons (Fsp3) is 0.333. The maximum absolute atomic E-state index is 14.4. The standard InChI is InChI=1S/C15H14FN7O3/c1-9(24)18-7-11-8-22(15(25)26-11)10-2-3-12(13(16)6-10)14-19-21-23(20-14)5-4-17/h2-3,6,11H,5,7-8H2,1H3,(H,18,24)/t11-/m0/s1. The molecule has 1 aromatic heterocycles. The molecule has 1 atom stereocenters. The molecule has 2 heterocycles. The van der Waals surface area contributed by atoms with E-state index in [4.69, 9.17) is 10.00 Å². The summed E-state index contributed by atoms with van der Waals surface area (Å²) in [5.41, 5.74) is 0.409. The molecule has 10 nitrogen and oxygen atoms in total. The van der Waals surface area contributed by atoms with Crippen molar-refractivity contribution < 1.29 is 18.7 Å². The summed E-state index contributed by atoms with van der Waals surface area (Å²) >= 11 is 0. The average molecular weight is 359 g/mol. The van der Waals surface area contributed by atoms with E-state index in [1.165, 1.54) is 30.0 Å². The van der Waals surface area contributed by atoms with Gasteiger partial charge in [-0.3, -0.25) is 9.69 Å². The van der Waals surface area contributed by atoms with Crippen molar-refractivity contribution in [2.24, 2.45) is 0 Å². The highest BCUT2D eigenvalue weighted by Crippen LogP contribution is 2.27. The summed E-state index contributed by atoms with van der Waals surface area (Å²) < 4.78 is 19.6. The Morgan fingerprint density at radius 3 is 3.04 bits per heavy atom. The molecule has 1 N–H and O–H groups in total. The van der Waals surface area contributed by atoms with E-state index in [0.29, 0.717) is 5.69 Å². The number of aromatic nitrogens is 4. The number of amides is 2. The van der Waals surface area contributed by atoms with Crippen LogP contribution in [0.5, 0.6) is 0 Å². The van der Waals surface area contributed by atoms with E-state index in [2.05, 4.69) is 20.7 Å². The molecule has 1 aliphatic rings. The highest BCUT2D eigenvalue weighted by Gasteiger charge is 2.32. The van der Waals surface area contributed by atoms with Gasteiger partial charge in [0.25, 0.3) is 0 Å². The number of hydrogen-bond donors (Lipinski definition) is 1. The number of carbonyl (C=O) groups excluding carboxylic acids is 2. The predicted octanol–water partition coefficient (Wildman–Crippen LogP) is 0.464. The molecule has 2 amide bonds. The van der Waals surface area contributed by atoms with Crippen LogP contribution in [0.2, 0.25) is 0 Å². The summed E-state index contributed by atoms with van der Waals surface area (Å²) in [5, 5.41) is 22.4. The van der Waals surface area contributed by atoms with Gasteiger partial charge in [-0.1, -0.05) is 0 Å². The van der Waals surface area contributed by atoms with Crippen LogP contribution in [0.4, 0.5) is 14.9 Å². The maximum atomic E-state index is 14.4. The molecule has 11 heteroatoms. The molecule has 3 rings (SSSR count). The normalized spacial score (nSPS) is 16.3. The number of hydrogen-bond acceptors (Lipinski definition) is 7. The van der Waals surface area contributed by atoms with Gasteiger partial charge in [0.05, 0.1) is 30.4 Å². The summed E-state index contributed by atoms with van der Waals surface area (Å²) in [6.07, 6.45) is -1.13. The van der Waals surface area contributed by atoms with E-state index < -0.39 is 18.0 Å². The molecule has 1 fully saturated rings. The second-order valence-electron chi connectivity index (χ2n) is 5.52. The molecule has 0 radical (unpaired) electrons. The smallest absolute Gasteiger partial charge is 0.414 e. The number of carbonyl (C=O) groups is 2. The molecule has 26 heavy (non-hydrogen) atoms. The minimum Gasteiger partial charge on any atom is -0.442 e. The Morgan fingerprint density at radius 1 is 1.54 bits per heavy atom. The first kappa shape index (κ1) is 17.3. The minimum absolute atomic E-state index is 0.0387. The average Bonchev–Trinajstić information content (AvgIpc) is 3.20. The van der Waals surface area contributed by atoms with E-state index in [1.54, 1.807) is 0 Å². The zero-order valence-corrected chi connectivity index (χ0v) is 13.7. The fourth-order valence-electron chi connectivity index (χ4n) is 2.43. The third kappa shape index (κ3) is 3.59. The van der Waals surface area contributed by atoms with Crippen LogP contribution in [0, 0.1) is 17.1 Å². The predicted molar refractivity (Wildman–Crippen MR) is 85.1 cm³/mol. The molecule has 1 saturated heterocycles. The molecule has 134 valence electrons. The van der Waals surface area contributed by atoms with Gasteiger partial charge in [0.15, 0.2) is 0 Å². The Bertz CT molecular complexity index is 892. The van der Waals surface area contributed by atoms with E-state index >= 15 is 0 Å². The summed E-state index contributed by atoms with van der Waals surface area (Å²) in [7, 11) is 0. The van der Waals surface area contributed by atoms with Crippen LogP contribution in [-0.4, -0.2) is 51.4 Å². The Labute approximate surface area is 147 Å². The zero-order valence-electron chi connectivity index (χ0n) is 13.7. The Balaban J connectivity index is 1.76. The van der Waals surface area contributed by atoms with E-state index in [1.807, 2.05) is 6.07 Å². The van der Waals surface area contributed by atoms with Crippen LogP contribution in [0.3, 0.4) is 0 Å². The summed E-state index contributed by atoms with van der Waals surface area (Å²) in [5.74, 6) is -0.833. The monoisotopic (exact) mass is 359 g/mol. The number of nitriles is 1. The van der Waals surface area contributed by atoms with Gasteiger partial charge in [-0.05, 0) is 23.4 Å². The topological polar surface area (TPSA) is 126 Å². The lowest BCUT2D eigenvalue weighted by molar-refractivity contribution is -0.119. The van der Waals surface area contributed by atoms with Gasteiger partial charge in [0.1, 0.15) is 18.5 Å². The summed E-state index contributed by atoms with van der Waals surface area (Å²) in [6, 6.07) is 5.98. The number of nitrogens with zero attached hydrogens (tertiary/aromatic N) is 6. The summed E-state index contributed by atoms with van der Waals surface area (Å²) in [6.45, 7) is 1.64. The Hall–Kier alpha value is -3.55. The first-order valence-electron chi connectivity index (χ1n) is 7.65. The van der Waals surface area contributed by atoms with Gasteiger partial charge in [-0.25, -0.2) is 9.18 Å². The molecule has 0 bridgehead atoms. The first-order chi connectivity index (χ1) is 12.5. The number of tetrazole rings is 1. The lowest BCUT2D eigenvalue weighted by Crippen LogP contribution is -2.33. The van der Waals surface area contributed by atoms with Gasteiger partial charge in [-0.15, -0.1) is 15.0 Å². The number of halogens is 1. The van der Waals surface area contributed by atoms with E-state index in [9.17, 15) is 14.0 Å². The largest absolute Gasteiger partial charge is 0.442 e. The Morgan fingerprint density at radius 2 is 2.35 bits per heavy atom. The van der Waals surface area contributed by atoms with Crippen molar-refractivity contribution in [3.63, 3.8) is 0 Å². The van der Waals surface area contributed by atoms with Crippen LogP contribution >= 0.6 is 0 Å². The molecular weight excluding hydrogens is 345 g/mol. The van der Waals surface area contributed by atoms with Crippen molar-refractivity contribution in [2.75, 3.05) is 18.0 Å². The molecule has 1 aromatic carbocycles. The van der Waals surface area contributed by atoms with Crippen molar-refractivity contribution >= 4 is 17.7 Å². The fourth-order valence-corrected chi connectivity index (χ4v) is 2.43. The van der Waals surface area contributed by atoms with Crippen LogP contribution in [-0.2, 0) is 16.1 Å². The number of ether oxygens (including phenoxy) is 1. The zero-order chi connectivity index (χ0) is 18.7. The lowest BCUT2D eigenvalue weighted by Gasteiger charge is -2.13. The van der Waals surface area contributed by atoms with Gasteiger partial charge in [-0.2, -0.15) is 5.26 Å². The number of rotatable bonds is 5. The number of nitrogens with one attached hydrogen (secondary N) is 1. The van der Waals surface area contributed by atoms with Crippen LogP contribution < -0.4 is 10.2 Å². The lowest BCUT2D eigenvalue weighted by atomic mass is 10.1. The van der Waals surface area contributed by atoms with Crippen LogP contribution in [0.1, 0.15) is 6.92 Å². The third-order valence-electron chi connectivity index (χ3n) is 3.62. The molecule has 2 aromatic rings. The summed E-state index contributed by atoms with van der Waals surface area (Å²) in [4.78, 5) is 25.2. The maximum Gasteiger partial charge on any atom is 0.414 e. The van der Waals surface area contributed by atoms with Gasteiger partial charge >= 0.3 is 6.09 Å². The molecule has 0 saturated carbocycles. The number of cyclic esters (lactones) is 1. The first-order valence-corrected chi connectivity index (χ1v) is 7.65. The van der Waals surface area contributed by atoms with Gasteiger partial charge in [0, 0.05) is 6.92 Å². The van der Waals surface area contributed by atoms with Crippen molar-refractivity contribution in [3.05, 3.63) is 24.0 Å². The Kier molecular flexibility index (Phi) is 4.74. The SMILES string of the molecule is CC(=O)NC[C@H]1CN(c2ccc(-c3nnn(CC#N)n3)c(F)c2)C(=O)O1. The molecule has 1 aliphatic heterocycles.